The minimum atomic E-state index is -1.04. The number of esters is 1. The summed E-state index contributed by atoms with van der Waals surface area (Å²) in [6.45, 7) is 6.84. The minimum absolute atomic E-state index is 0.207. The van der Waals surface area contributed by atoms with E-state index in [1.54, 1.807) is 56.5 Å². The highest BCUT2D eigenvalue weighted by molar-refractivity contribution is 7.12. The van der Waals surface area contributed by atoms with Crippen LogP contribution in [0.2, 0.25) is 5.02 Å². The van der Waals surface area contributed by atoms with E-state index >= 15 is 0 Å². The van der Waals surface area contributed by atoms with Crippen LogP contribution in [0.25, 0.3) is 0 Å². The van der Waals surface area contributed by atoms with Crippen molar-refractivity contribution < 1.29 is 19.1 Å². The first kappa shape index (κ1) is 21.9. The number of hydrogen-bond donors (Lipinski definition) is 2. The van der Waals surface area contributed by atoms with Gasteiger partial charge in [-0.1, -0.05) is 37.6 Å². The molecule has 0 radical (unpaired) electrons. The lowest BCUT2D eigenvalue weighted by Gasteiger charge is -2.23. The van der Waals surface area contributed by atoms with Gasteiger partial charge in [-0.3, -0.25) is 9.59 Å². The van der Waals surface area contributed by atoms with Gasteiger partial charge in [0.15, 0.2) is 6.10 Å². The molecule has 8 heteroatoms. The molecule has 0 aliphatic carbocycles. The topological polar surface area (TPSA) is 84.5 Å². The molecule has 0 saturated heterocycles. The molecule has 2 aromatic rings. The van der Waals surface area contributed by atoms with Gasteiger partial charge < -0.3 is 15.4 Å². The van der Waals surface area contributed by atoms with Crippen molar-refractivity contribution in [3.8, 4) is 0 Å². The third-order valence-corrected chi connectivity index (χ3v) is 5.42. The Hall–Kier alpha value is -2.38. The summed E-state index contributed by atoms with van der Waals surface area (Å²) in [5.41, 5.74) is 1.27. The average Bonchev–Trinajstić information content (AvgIpc) is 3.17. The van der Waals surface area contributed by atoms with E-state index in [0.717, 1.165) is 5.56 Å². The number of rotatable bonds is 7. The molecule has 2 N–H and O–H groups in total. The summed E-state index contributed by atoms with van der Waals surface area (Å²) < 4.78 is 5.30. The maximum Gasteiger partial charge on any atom is 0.329 e. The highest BCUT2D eigenvalue weighted by Crippen LogP contribution is 2.23. The van der Waals surface area contributed by atoms with Gasteiger partial charge in [0.25, 0.3) is 11.8 Å². The van der Waals surface area contributed by atoms with Crippen LogP contribution >= 0.6 is 22.9 Å². The number of benzene rings is 1. The second-order valence-electron chi connectivity index (χ2n) is 6.65. The molecule has 0 saturated carbocycles. The van der Waals surface area contributed by atoms with Crippen molar-refractivity contribution in [1.82, 2.24) is 5.32 Å². The van der Waals surface area contributed by atoms with Gasteiger partial charge in [0, 0.05) is 10.7 Å². The van der Waals surface area contributed by atoms with Crippen LogP contribution in [-0.2, 0) is 14.3 Å². The van der Waals surface area contributed by atoms with Crippen LogP contribution in [0, 0.1) is 12.8 Å². The van der Waals surface area contributed by atoms with Crippen LogP contribution in [0.5, 0.6) is 0 Å². The zero-order chi connectivity index (χ0) is 20.8. The second-order valence-corrected chi connectivity index (χ2v) is 8.01. The summed E-state index contributed by atoms with van der Waals surface area (Å²) in [7, 11) is 0. The molecule has 6 nitrogen and oxygen atoms in total. The number of hydrogen-bond acceptors (Lipinski definition) is 5. The van der Waals surface area contributed by atoms with Gasteiger partial charge in [0.2, 0.25) is 0 Å². The summed E-state index contributed by atoms with van der Waals surface area (Å²) >= 11 is 7.33. The Balaban J connectivity index is 2.00. The lowest BCUT2D eigenvalue weighted by atomic mass is 10.0. The first-order valence-corrected chi connectivity index (χ1v) is 10.1. The van der Waals surface area contributed by atoms with E-state index in [1.807, 2.05) is 0 Å². The van der Waals surface area contributed by atoms with E-state index in [0.29, 0.717) is 15.6 Å². The smallest absolute Gasteiger partial charge is 0.329 e. The summed E-state index contributed by atoms with van der Waals surface area (Å²) in [5.74, 6) is -1.70. The van der Waals surface area contributed by atoms with Gasteiger partial charge in [-0.15, -0.1) is 11.3 Å². The van der Waals surface area contributed by atoms with E-state index in [4.69, 9.17) is 16.3 Å². The molecule has 2 amide bonds. The van der Waals surface area contributed by atoms with Crippen LogP contribution in [0.3, 0.4) is 0 Å². The third kappa shape index (κ3) is 5.56. The molecular weight excluding hydrogens is 400 g/mol. The Morgan fingerprint density at radius 3 is 2.43 bits per heavy atom. The van der Waals surface area contributed by atoms with Gasteiger partial charge in [-0.2, -0.15) is 0 Å². The molecule has 0 unspecified atom stereocenters. The lowest BCUT2D eigenvalue weighted by Crippen LogP contribution is -2.47. The maximum absolute atomic E-state index is 12.5. The molecule has 0 bridgehead atoms. The van der Waals surface area contributed by atoms with Crippen molar-refractivity contribution in [2.75, 3.05) is 5.32 Å². The second kappa shape index (κ2) is 9.71. The number of amides is 2. The minimum Gasteiger partial charge on any atom is -0.451 e. The molecule has 1 aromatic heterocycles. The number of thiophene rings is 1. The zero-order valence-electron chi connectivity index (χ0n) is 16.1. The number of carbonyl (C=O) groups is 3. The molecule has 150 valence electrons. The average molecular weight is 423 g/mol. The van der Waals surface area contributed by atoms with E-state index in [-0.39, 0.29) is 11.8 Å². The fraction of sp³-hybridized carbons (Fsp3) is 0.350. The standard InChI is InChI=1S/C20H23ClN2O4S/c1-11(2)17(23-19(25)16-9-6-10-28-16)20(26)27-13(4)18(24)22-15-8-5-7-14(21)12(15)3/h5-11,13,17H,1-4H3,(H,22,24)(H,23,25)/t13-,17-/m0/s1. The molecule has 1 aromatic carbocycles. The number of halogens is 1. The van der Waals surface area contributed by atoms with Crippen molar-refractivity contribution in [2.45, 2.75) is 39.8 Å². The first-order chi connectivity index (χ1) is 13.2. The van der Waals surface area contributed by atoms with Crippen molar-refractivity contribution in [1.29, 1.82) is 0 Å². The van der Waals surface area contributed by atoms with Crippen molar-refractivity contribution in [3.05, 3.63) is 51.2 Å². The van der Waals surface area contributed by atoms with E-state index < -0.39 is 24.0 Å². The molecule has 0 aliphatic heterocycles. The number of carbonyl (C=O) groups excluding carboxylic acids is 3. The molecule has 2 rings (SSSR count). The van der Waals surface area contributed by atoms with E-state index in [9.17, 15) is 14.4 Å². The fourth-order valence-electron chi connectivity index (χ4n) is 2.40. The van der Waals surface area contributed by atoms with Gasteiger partial charge in [0.05, 0.1) is 4.88 Å². The molecular formula is C20H23ClN2O4S. The first-order valence-electron chi connectivity index (χ1n) is 8.81. The van der Waals surface area contributed by atoms with E-state index in [1.165, 1.54) is 18.3 Å². The normalized spacial score (nSPS) is 12.9. The van der Waals surface area contributed by atoms with Gasteiger partial charge in [-0.05, 0) is 48.9 Å². The predicted molar refractivity (Wildman–Crippen MR) is 111 cm³/mol. The van der Waals surface area contributed by atoms with Crippen molar-refractivity contribution in [3.63, 3.8) is 0 Å². The molecule has 0 fully saturated rings. The Labute approximate surface area is 173 Å². The molecule has 1 heterocycles. The highest BCUT2D eigenvalue weighted by Gasteiger charge is 2.29. The third-order valence-electron chi connectivity index (χ3n) is 4.14. The highest BCUT2D eigenvalue weighted by atomic mass is 35.5. The number of ether oxygens (including phenoxy) is 1. The zero-order valence-corrected chi connectivity index (χ0v) is 17.7. The number of nitrogens with one attached hydrogen (secondary N) is 2. The summed E-state index contributed by atoms with van der Waals surface area (Å²) in [5, 5.41) is 7.68. The summed E-state index contributed by atoms with van der Waals surface area (Å²) in [6, 6.07) is 7.72. The van der Waals surface area contributed by atoms with E-state index in [2.05, 4.69) is 10.6 Å². The molecule has 28 heavy (non-hydrogen) atoms. The summed E-state index contributed by atoms with van der Waals surface area (Å²) in [6.07, 6.45) is -1.04. The molecule has 0 aliphatic rings. The maximum atomic E-state index is 12.5. The Morgan fingerprint density at radius 2 is 1.82 bits per heavy atom. The van der Waals surface area contributed by atoms with Gasteiger partial charge in [-0.25, -0.2) is 4.79 Å². The largest absolute Gasteiger partial charge is 0.451 e. The Morgan fingerprint density at radius 1 is 1.11 bits per heavy atom. The quantitative estimate of drug-likeness (QED) is 0.659. The van der Waals surface area contributed by atoms with Crippen LogP contribution in [0.1, 0.15) is 36.0 Å². The summed E-state index contributed by atoms with van der Waals surface area (Å²) in [4.78, 5) is 37.7. The SMILES string of the molecule is Cc1c(Cl)cccc1NC(=O)[C@H](C)OC(=O)[C@@H](NC(=O)c1cccs1)C(C)C. The Kier molecular flexibility index (Phi) is 7.60. The fourth-order valence-corrected chi connectivity index (χ4v) is 3.20. The van der Waals surface area contributed by atoms with Crippen LogP contribution in [-0.4, -0.2) is 29.9 Å². The van der Waals surface area contributed by atoms with Crippen molar-refractivity contribution >= 4 is 46.4 Å². The van der Waals surface area contributed by atoms with Gasteiger partial charge in [0.1, 0.15) is 6.04 Å². The monoisotopic (exact) mass is 422 g/mol. The van der Waals surface area contributed by atoms with Crippen molar-refractivity contribution in [2.24, 2.45) is 5.92 Å². The molecule has 0 spiro atoms. The molecule has 2 atom stereocenters. The Bertz CT molecular complexity index is 852. The predicted octanol–water partition coefficient (Wildman–Crippen LogP) is 4.03. The number of anilines is 1. The van der Waals surface area contributed by atoms with Crippen LogP contribution in [0.4, 0.5) is 5.69 Å². The van der Waals surface area contributed by atoms with Crippen LogP contribution < -0.4 is 10.6 Å². The van der Waals surface area contributed by atoms with Crippen LogP contribution in [0.15, 0.2) is 35.7 Å². The lowest BCUT2D eigenvalue weighted by molar-refractivity contribution is -0.156. The van der Waals surface area contributed by atoms with Gasteiger partial charge >= 0.3 is 5.97 Å².